The van der Waals surface area contributed by atoms with Gasteiger partial charge < -0.3 is 10.6 Å². The molecule has 1 saturated carbocycles. The van der Waals surface area contributed by atoms with Gasteiger partial charge in [0.25, 0.3) is 0 Å². The Labute approximate surface area is 97.0 Å². The van der Waals surface area contributed by atoms with Crippen LogP contribution in [0.25, 0.3) is 0 Å². The number of thiocarbonyl (C=S) groups is 1. The molecule has 0 aromatic rings. The Morgan fingerprint density at radius 3 is 2.33 bits per heavy atom. The largest absolute Gasteiger partial charge is 0.393 e. The zero-order valence-electron chi connectivity index (χ0n) is 9.69. The van der Waals surface area contributed by atoms with Gasteiger partial charge in [0.1, 0.15) is 0 Å². The molecule has 86 valence electrons. The van der Waals surface area contributed by atoms with Gasteiger partial charge in [0.05, 0.1) is 10.9 Å². The van der Waals surface area contributed by atoms with Gasteiger partial charge in [0, 0.05) is 12.6 Å². The number of carbonyl (C=O) groups excluding carboxylic acids is 1. The second-order valence-corrected chi connectivity index (χ2v) is 4.95. The molecule has 1 aliphatic rings. The smallest absolute Gasteiger partial charge is 0.233 e. The third-order valence-electron chi connectivity index (χ3n) is 2.85. The first kappa shape index (κ1) is 12.4. The predicted octanol–water partition coefficient (Wildman–Crippen LogP) is 1.56. The summed E-state index contributed by atoms with van der Waals surface area (Å²) in [6.45, 7) is 6.74. The summed E-state index contributed by atoms with van der Waals surface area (Å²) in [6, 6.07) is 0.443. The van der Waals surface area contributed by atoms with E-state index in [1.54, 1.807) is 0 Å². The minimum atomic E-state index is -0.291. The van der Waals surface area contributed by atoms with E-state index in [2.05, 4.69) is 0 Å². The molecule has 1 rings (SSSR count). The quantitative estimate of drug-likeness (QED) is 0.726. The lowest BCUT2D eigenvalue weighted by Gasteiger charge is -2.27. The number of rotatable bonds is 5. The van der Waals surface area contributed by atoms with Crippen molar-refractivity contribution in [2.24, 2.45) is 17.6 Å². The van der Waals surface area contributed by atoms with Gasteiger partial charge in [-0.2, -0.15) is 0 Å². The molecule has 0 radical (unpaired) electrons. The third kappa shape index (κ3) is 2.91. The van der Waals surface area contributed by atoms with Crippen molar-refractivity contribution in [3.05, 3.63) is 0 Å². The molecule has 2 N–H and O–H groups in total. The maximum Gasteiger partial charge on any atom is 0.233 e. The second kappa shape index (κ2) is 4.92. The van der Waals surface area contributed by atoms with Crippen LogP contribution in [0.1, 0.15) is 33.6 Å². The van der Waals surface area contributed by atoms with E-state index in [4.69, 9.17) is 18.0 Å². The Kier molecular flexibility index (Phi) is 4.08. The van der Waals surface area contributed by atoms with E-state index in [-0.39, 0.29) is 17.7 Å². The molecular formula is C11H20N2OS. The summed E-state index contributed by atoms with van der Waals surface area (Å²) in [5.41, 5.74) is 5.64. The summed E-state index contributed by atoms with van der Waals surface area (Å²) < 4.78 is 0. The summed E-state index contributed by atoms with van der Waals surface area (Å²) in [7, 11) is 0. The Hall–Kier alpha value is -0.640. The average molecular weight is 228 g/mol. The molecule has 15 heavy (non-hydrogen) atoms. The fourth-order valence-electron chi connectivity index (χ4n) is 1.89. The molecule has 0 aliphatic heterocycles. The monoisotopic (exact) mass is 228 g/mol. The third-order valence-corrected chi connectivity index (χ3v) is 3.10. The summed E-state index contributed by atoms with van der Waals surface area (Å²) in [6.07, 6.45) is 2.25. The van der Waals surface area contributed by atoms with Crippen LogP contribution < -0.4 is 5.73 Å². The maximum atomic E-state index is 12.2. The zero-order chi connectivity index (χ0) is 11.6. The molecule has 0 saturated heterocycles. The van der Waals surface area contributed by atoms with Crippen molar-refractivity contribution in [1.82, 2.24) is 4.90 Å². The van der Waals surface area contributed by atoms with Crippen molar-refractivity contribution in [2.75, 3.05) is 6.54 Å². The van der Waals surface area contributed by atoms with Crippen molar-refractivity contribution in [1.29, 1.82) is 0 Å². The standard InChI is InChI=1S/C11H20N2OS/c1-4-13(8-5-6-8)11(14)9(7(2)3)10(12)15/h7-9H,4-6H2,1-3H3,(H2,12,15). The molecule has 0 spiro atoms. The highest BCUT2D eigenvalue weighted by Gasteiger charge is 2.36. The molecule has 0 heterocycles. The van der Waals surface area contributed by atoms with Crippen molar-refractivity contribution in [2.45, 2.75) is 39.7 Å². The predicted molar refractivity (Wildman–Crippen MR) is 65.5 cm³/mol. The van der Waals surface area contributed by atoms with E-state index in [1.165, 1.54) is 0 Å². The normalized spacial score (nSPS) is 17.6. The first-order valence-corrected chi connectivity index (χ1v) is 5.99. The van der Waals surface area contributed by atoms with Crippen molar-refractivity contribution >= 4 is 23.1 Å². The first-order valence-electron chi connectivity index (χ1n) is 5.58. The second-order valence-electron chi connectivity index (χ2n) is 4.48. The van der Waals surface area contributed by atoms with Gasteiger partial charge >= 0.3 is 0 Å². The van der Waals surface area contributed by atoms with Crippen LogP contribution in [-0.4, -0.2) is 28.4 Å². The minimum absolute atomic E-state index is 0.113. The molecule has 3 nitrogen and oxygen atoms in total. The van der Waals surface area contributed by atoms with Crippen molar-refractivity contribution in [3.63, 3.8) is 0 Å². The van der Waals surface area contributed by atoms with Crippen LogP contribution in [0, 0.1) is 11.8 Å². The Bertz CT molecular complexity index is 261. The summed E-state index contributed by atoms with van der Waals surface area (Å²) in [5, 5.41) is 0. The van der Waals surface area contributed by atoms with E-state index in [0.717, 1.165) is 19.4 Å². The highest BCUT2D eigenvalue weighted by molar-refractivity contribution is 7.80. The summed E-state index contributed by atoms with van der Waals surface area (Å²) in [4.78, 5) is 14.4. The van der Waals surface area contributed by atoms with E-state index in [0.29, 0.717) is 11.0 Å². The van der Waals surface area contributed by atoms with E-state index in [1.807, 2.05) is 25.7 Å². The molecule has 1 atom stereocenters. The number of carbonyl (C=O) groups is 1. The minimum Gasteiger partial charge on any atom is -0.393 e. The Morgan fingerprint density at radius 2 is 2.07 bits per heavy atom. The highest BCUT2D eigenvalue weighted by Crippen LogP contribution is 2.29. The number of hydrogen-bond acceptors (Lipinski definition) is 2. The van der Waals surface area contributed by atoms with Crippen molar-refractivity contribution < 1.29 is 4.79 Å². The van der Waals surface area contributed by atoms with Crippen LogP contribution in [0.5, 0.6) is 0 Å². The summed E-state index contributed by atoms with van der Waals surface area (Å²) in [5.74, 6) is 0.00542. The number of hydrogen-bond donors (Lipinski definition) is 1. The number of nitrogens with two attached hydrogens (primary N) is 1. The molecule has 4 heteroatoms. The van der Waals surface area contributed by atoms with Crippen LogP contribution >= 0.6 is 12.2 Å². The lowest BCUT2D eigenvalue weighted by Crippen LogP contribution is -2.44. The Morgan fingerprint density at radius 1 is 1.53 bits per heavy atom. The lowest BCUT2D eigenvalue weighted by atomic mass is 9.94. The lowest BCUT2D eigenvalue weighted by molar-refractivity contribution is -0.134. The molecule has 0 aromatic carbocycles. The summed E-state index contributed by atoms with van der Waals surface area (Å²) >= 11 is 4.97. The maximum absolute atomic E-state index is 12.2. The fraction of sp³-hybridized carbons (Fsp3) is 0.818. The van der Waals surface area contributed by atoms with E-state index < -0.39 is 0 Å². The highest BCUT2D eigenvalue weighted by atomic mass is 32.1. The van der Waals surface area contributed by atoms with Crippen LogP contribution in [-0.2, 0) is 4.79 Å². The zero-order valence-corrected chi connectivity index (χ0v) is 10.5. The van der Waals surface area contributed by atoms with Gasteiger partial charge in [-0.3, -0.25) is 4.79 Å². The van der Waals surface area contributed by atoms with E-state index in [9.17, 15) is 4.79 Å². The molecule has 1 amide bonds. The average Bonchev–Trinajstić information content (AvgIpc) is 2.87. The van der Waals surface area contributed by atoms with Gasteiger partial charge in [-0.1, -0.05) is 26.1 Å². The molecule has 0 aromatic heterocycles. The Balaban J connectivity index is 2.73. The van der Waals surface area contributed by atoms with Crippen LogP contribution in [0.15, 0.2) is 0 Å². The topological polar surface area (TPSA) is 46.3 Å². The van der Waals surface area contributed by atoms with Crippen LogP contribution in [0.3, 0.4) is 0 Å². The van der Waals surface area contributed by atoms with E-state index >= 15 is 0 Å². The molecular weight excluding hydrogens is 208 g/mol. The molecule has 1 unspecified atom stereocenters. The molecule has 1 aliphatic carbocycles. The van der Waals surface area contributed by atoms with Gasteiger partial charge in [-0.05, 0) is 25.7 Å². The van der Waals surface area contributed by atoms with Crippen LogP contribution in [0.4, 0.5) is 0 Å². The molecule has 0 bridgehead atoms. The van der Waals surface area contributed by atoms with Crippen LogP contribution in [0.2, 0.25) is 0 Å². The van der Waals surface area contributed by atoms with Crippen molar-refractivity contribution in [3.8, 4) is 0 Å². The number of amides is 1. The van der Waals surface area contributed by atoms with Gasteiger partial charge in [0.2, 0.25) is 5.91 Å². The van der Waals surface area contributed by atoms with Gasteiger partial charge in [0.15, 0.2) is 0 Å². The first-order chi connectivity index (χ1) is 6.99. The number of nitrogens with zero attached hydrogens (tertiary/aromatic N) is 1. The fourth-order valence-corrected chi connectivity index (χ4v) is 2.27. The van der Waals surface area contributed by atoms with Gasteiger partial charge in [-0.15, -0.1) is 0 Å². The SMILES string of the molecule is CCN(C(=O)C(C(N)=S)C(C)C)C1CC1. The van der Waals surface area contributed by atoms with Gasteiger partial charge in [-0.25, -0.2) is 0 Å². The molecule has 1 fully saturated rings.